The lowest BCUT2D eigenvalue weighted by Gasteiger charge is -2.06. The van der Waals surface area contributed by atoms with E-state index in [1.165, 1.54) is 6.08 Å². The number of amides is 1. The minimum Gasteiger partial charge on any atom is -0.445 e. The Morgan fingerprint density at radius 3 is 2.24 bits per heavy atom. The number of carbonyl (C=O) groups excluding carboxylic acids is 2. The Balaban J connectivity index is 2.04. The predicted molar refractivity (Wildman–Crippen MR) is 81.5 cm³/mol. The molecule has 2 aromatic carbocycles. The molecule has 0 aliphatic carbocycles. The van der Waals surface area contributed by atoms with Crippen LogP contribution in [0.25, 0.3) is 0 Å². The van der Waals surface area contributed by atoms with Gasteiger partial charge in [-0.05, 0) is 24.3 Å². The highest BCUT2D eigenvalue weighted by molar-refractivity contribution is 6.09. The van der Waals surface area contributed by atoms with Gasteiger partial charge in [0, 0.05) is 16.8 Å². The van der Waals surface area contributed by atoms with E-state index in [1.54, 1.807) is 36.4 Å². The molecule has 0 aliphatic rings. The van der Waals surface area contributed by atoms with Crippen LogP contribution in [0.1, 0.15) is 15.9 Å². The molecular formula is C17H15NO3. The Bertz CT molecular complexity index is 633. The van der Waals surface area contributed by atoms with Gasteiger partial charge in [-0.3, -0.25) is 10.1 Å². The molecule has 0 spiro atoms. The Labute approximate surface area is 123 Å². The highest BCUT2D eigenvalue weighted by Crippen LogP contribution is 2.14. The Morgan fingerprint density at radius 1 is 1.00 bits per heavy atom. The van der Waals surface area contributed by atoms with E-state index < -0.39 is 6.09 Å². The number of hydrogen-bond acceptors (Lipinski definition) is 3. The van der Waals surface area contributed by atoms with Crippen LogP contribution in [0.15, 0.2) is 67.3 Å². The zero-order valence-corrected chi connectivity index (χ0v) is 11.4. The molecule has 2 aromatic rings. The summed E-state index contributed by atoms with van der Waals surface area (Å²) in [6.45, 7) is 3.61. The fourth-order valence-corrected chi connectivity index (χ4v) is 1.75. The van der Waals surface area contributed by atoms with Gasteiger partial charge in [0.05, 0.1) is 0 Å². The predicted octanol–water partition coefficient (Wildman–Crippen LogP) is 3.65. The van der Waals surface area contributed by atoms with Crippen LogP contribution in [0.5, 0.6) is 0 Å². The molecule has 0 bridgehead atoms. The van der Waals surface area contributed by atoms with Crippen LogP contribution < -0.4 is 5.32 Å². The van der Waals surface area contributed by atoms with Crippen molar-refractivity contribution >= 4 is 17.6 Å². The maximum Gasteiger partial charge on any atom is 0.411 e. The number of ketones is 1. The van der Waals surface area contributed by atoms with Crippen LogP contribution in [0.2, 0.25) is 0 Å². The number of nitrogens with one attached hydrogen (secondary N) is 1. The minimum absolute atomic E-state index is 0.0589. The van der Waals surface area contributed by atoms with E-state index in [4.69, 9.17) is 4.74 Å². The van der Waals surface area contributed by atoms with Crippen LogP contribution >= 0.6 is 0 Å². The van der Waals surface area contributed by atoms with Crippen molar-refractivity contribution in [3.8, 4) is 0 Å². The van der Waals surface area contributed by atoms with Crippen LogP contribution in [-0.2, 0) is 4.74 Å². The average Bonchev–Trinajstić information content (AvgIpc) is 2.54. The average molecular weight is 281 g/mol. The summed E-state index contributed by atoms with van der Waals surface area (Å²) in [5.41, 5.74) is 1.75. The second-order valence-electron chi connectivity index (χ2n) is 4.28. The topological polar surface area (TPSA) is 55.4 Å². The van der Waals surface area contributed by atoms with E-state index in [9.17, 15) is 9.59 Å². The molecule has 4 heteroatoms. The van der Waals surface area contributed by atoms with E-state index >= 15 is 0 Å². The maximum atomic E-state index is 12.2. The third-order valence-electron chi connectivity index (χ3n) is 2.76. The largest absolute Gasteiger partial charge is 0.445 e. The quantitative estimate of drug-likeness (QED) is 0.672. The molecule has 0 atom stereocenters. The summed E-state index contributed by atoms with van der Waals surface area (Å²) < 4.78 is 4.81. The van der Waals surface area contributed by atoms with Gasteiger partial charge in [0.25, 0.3) is 0 Å². The third-order valence-corrected chi connectivity index (χ3v) is 2.76. The molecule has 0 heterocycles. The number of anilines is 1. The summed E-state index contributed by atoms with van der Waals surface area (Å²) in [5, 5.41) is 2.56. The van der Waals surface area contributed by atoms with Crippen molar-refractivity contribution in [2.75, 3.05) is 11.9 Å². The van der Waals surface area contributed by atoms with Crippen LogP contribution in [0.4, 0.5) is 10.5 Å². The van der Waals surface area contributed by atoms with Crippen molar-refractivity contribution in [2.24, 2.45) is 0 Å². The first-order valence-electron chi connectivity index (χ1n) is 6.45. The fourth-order valence-electron chi connectivity index (χ4n) is 1.75. The van der Waals surface area contributed by atoms with Crippen LogP contribution in [-0.4, -0.2) is 18.5 Å². The molecule has 2 rings (SSSR count). The first-order chi connectivity index (χ1) is 10.2. The van der Waals surface area contributed by atoms with E-state index in [0.717, 1.165) is 0 Å². The Hall–Kier alpha value is -2.88. The number of ether oxygens (including phenoxy) is 1. The minimum atomic E-state index is -0.558. The molecule has 1 amide bonds. The maximum absolute atomic E-state index is 12.2. The monoisotopic (exact) mass is 281 g/mol. The molecular weight excluding hydrogens is 266 g/mol. The summed E-state index contributed by atoms with van der Waals surface area (Å²) in [5.74, 6) is -0.0589. The van der Waals surface area contributed by atoms with Crippen molar-refractivity contribution in [2.45, 2.75) is 0 Å². The number of hydrogen-bond donors (Lipinski definition) is 1. The highest BCUT2D eigenvalue weighted by atomic mass is 16.5. The van der Waals surface area contributed by atoms with Gasteiger partial charge in [0.1, 0.15) is 6.61 Å². The van der Waals surface area contributed by atoms with Gasteiger partial charge in [-0.15, -0.1) is 0 Å². The van der Waals surface area contributed by atoms with Crippen molar-refractivity contribution in [1.29, 1.82) is 0 Å². The summed E-state index contributed by atoms with van der Waals surface area (Å²) in [6.07, 6.45) is 0.929. The lowest BCUT2D eigenvalue weighted by atomic mass is 10.0. The first kappa shape index (κ1) is 14.5. The molecule has 0 aliphatic heterocycles. The SMILES string of the molecule is C=CCOC(=O)Nc1ccc(C(=O)c2ccccc2)cc1. The van der Waals surface area contributed by atoms with Crippen molar-refractivity contribution in [3.05, 3.63) is 78.4 Å². The van der Waals surface area contributed by atoms with E-state index in [1.807, 2.05) is 18.2 Å². The summed E-state index contributed by atoms with van der Waals surface area (Å²) >= 11 is 0. The van der Waals surface area contributed by atoms with Crippen molar-refractivity contribution < 1.29 is 14.3 Å². The summed E-state index contributed by atoms with van der Waals surface area (Å²) in [4.78, 5) is 23.6. The van der Waals surface area contributed by atoms with Crippen molar-refractivity contribution in [3.63, 3.8) is 0 Å². The standard InChI is InChI=1S/C17H15NO3/c1-2-12-21-17(20)18-15-10-8-14(9-11-15)16(19)13-6-4-3-5-7-13/h2-11H,1,12H2,(H,18,20). The second kappa shape index (κ2) is 7.05. The second-order valence-corrected chi connectivity index (χ2v) is 4.28. The smallest absolute Gasteiger partial charge is 0.411 e. The zero-order chi connectivity index (χ0) is 15.1. The number of benzene rings is 2. The van der Waals surface area contributed by atoms with Gasteiger partial charge in [-0.25, -0.2) is 4.79 Å². The first-order valence-corrected chi connectivity index (χ1v) is 6.45. The Kier molecular flexibility index (Phi) is 4.88. The normalized spacial score (nSPS) is 9.71. The molecule has 0 fully saturated rings. The summed E-state index contributed by atoms with van der Waals surface area (Å²) in [6, 6.07) is 15.7. The van der Waals surface area contributed by atoms with E-state index in [2.05, 4.69) is 11.9 Å². The molecule has 21 heavy (non-hydrogen) atoms. The lowest BCUT2D eigenvalue weighted by molar-refractivity contribution is 0.103. The molecule has 0 radical (unpaired) electrons. The van der Waals surface area contributed by atoms with Gasteiger partial charge in [-0.2, -0.15) is 0 Å². The zero-order valence-electron chi connectivity index (χ0n) is 11.4. The lowest BCUT2D eigenvalue weighted by Crippen LogP contribution is -2.13. The van der Waals surface area contributed by atoms with Gasteiger partial charge < -0.3 is 4.74 Å². The van der Waals surface area contributed by atoms with Gasteiger partial charge in [-0.1, -0.05) is 43.0 Å². The Morgan fingerprint density at radius 2 is 1.62 bits per heavy atom. The van der Waals surface area contributed by atoms with Crippen molar-refractivity contribution in [1.82, 2.24) is 0 Å². The van der Waals surface area contributed by atoms with Crippen LogP contribution in [0.3, 0.4) is 0 Å². The molecule has 0 unspecified atom stereocenters. The molecule has 0 saturated carbocycles. The third kappa shape index (κ3) is 4.04. The molecule has 0 aromatic heterocycles. The van der Waals surface area contributed by atoms with Crippen LogP contribution in [0, 0.1) is 0 Å². The summed E-state index contributed by atoms with van der Waals surface area (Å²) in [7, 11) is 0. The van der Waals surface area contributed by atoms with E-state index in [0.29, 0.717) is 16.8 Å². The van der Waals surface area contributed by atoms with Gasteiger partial charge >= 0.3 is 6.09 Å². The van der Waals surface area contributed by atoms with Gasteiger partial charge in [0.15, 0.2) is 5.78 Å². The number of rotatable bonds is 5. The molecule has 106 valence electrons. The molecule has 4 nitrogen and oxygen atoms in total. The van der Waals surface area contributed by atoms with Gasteiger partial charge in [0.2, 0.25) is 0 Å². The fraction of sp³-hybridized carbons (Fsp3) is 0.0588. The molecule has 0 saturated heterocycles. The number of carbonyl (C=O) groups is 2. The van der Waals surface area contributed by atoms with E-state index in [-0.39, 0.29) is 12.4 Å². The highest BCUT2D eigenvalue weighted by Gasteiger charge is 2.08. The molecule has 1 N–H and O–H groups in total.